The van der Waals surface area contributed by atoms with E-state index in [0.717, 1.165) is 26.2 Å². The summed E-state index contributed by atoms with van der Waals surface area (Å²) in [5, 5.41) is 2.83. The zero-order chi connectivity index (χ0) is 24.6. The fourth-order valence-corrected chi connectivity index (χ4v) is 4.32. The lowest BCUT2D eigenvalue weighted by Crippen LogP contribution is -2.52. The summed E-state index contributed by atoms with van der Waals surface area (Å²) in [5.74, 6) is -0.743. The second-order valence-electron chi connectivity index (χ2n) is 8.05. The lowest BCUT2D eigenvalue weighted by Gasteiger charge is -2.33. The quantitative estimate of drug-likeness (QED) is 0.542. The number of hydrogen-bond acceptors (Lipinski definition) is 4. The molecule has 0 saturated carbocycles. The molecule has 1 N–H and O–H groups in total. The molecule has 2 amide bonds. The van der Waals surface area contributed by atoms with E-state index in [9.17, 15) is 18.0 Å². The molecule has 0 fully saturated rings. The first-order valence-electron chi connectivity index (χ1n) is 11.0. The maximum Gasteiger partial charge on any atom is 0.304 e. The van der Waals surface area contributed by atoms with E-state index in [4.69, 9.17) is 0 Å². The van der Waals surface area contributed by atoms with Gasteiger partial charge in [0.15, 0.2) is 0 Å². The summed E-state index contributed by atoms with van der Waals surface area (Å²) in [6.45, 7) is 5.81. The number of benzene rings is 2. The molecular formula is C24H34N4O4S. The van der Waals surface area contributed by atoms with Gasteiger partial charge in [0.2, 0.25) is 11.8 Å². The Balaban J connectivity index is 2.42. The molecule has 2 aromatic rings. The van der Waals surface area contributed by atoms with E-state index in [1.807, 2.05) is 38.1 Å². The van der Waals surface area contributed by atoms with E-state index in [2.05, 4.69) is 5.32 Å². The molecule has 33 heavy (non-hydrogen) atoms. The van der Waals surface area contributed by atoms with Crippen LogP contribution in [-0.4, -0.2) is 62.7 Å². The lowest BCUT2D eigenvalue weighted by molar-refractivity contribution is -0.139. The Labute approximate surface area is 197 Å². The summed E-state index contributed by atoms with van der Waals surface area (Å²) in [6.07, 6.45) is 0.771. The van der Waals surface area contributed by atoms with Crippen molar-refractivity contribution < 1.29 is 18.0 Å². The number of nitrogens with one attached hydrogen (secondary N) is 1. The fourth-order valence-electron chi connectivity index (χ4n) is 3.26. The Morgan fingerprint density at radius 1 is 1.00 bits per heavy atom. The summed E-state index contributed by atoms with van der Waals surface area (Å²) >= 11 is 0. The maximum atomic E-state index is 13.6. The Kier molecular flexibility index (Phi) is 9.43. The van der Waals surface area contributed by atoms with E-state index in [1.165, 1.54) is 19.0 Å². The number of aryl methyl sites for hydroxylation is 1. The third kappa shape index (κ3) is 6.79. The fraction of sp³-hybridized carbons (Fsp3) is 0.417. The van der Waals surface area contributed by atoms with Crippen LogP contribution in [0.15, 0.2) is 54.6 Å². The SMILES string of the molecule is CCCNC(=O)C(C)N(Cc1ccccc1C)C(=O)CN(c1ccccc1)S(=O)(=O)N(C)C. The van der Waals surface area contributed by atoms with Crippen LogP contribution in [0.5, 0.6) is 0 Å². The largest absolute Gasteiger partial charge is 0.354 e. The van der Waals surface area contributed by atoms with Crippen LogP contribution in [0.4, 0.5) is 5.69 Å². The molecule has 8 nitrogen and oxygen atoms in total. The molecule has 2 rings (SSSR count). The van der Waals surface area contributed by atoms with Gasteiger partial charge >= 0.3 is 10.2 Å². The van der Waals surface area contributed by atoms with E-state index in [-0.39, 0.29) is 12.5 Å². The Morgan fingerprint density at radius 3 is 2.18 bits per heavy atom. The van der Waals surface area contributed by atoms with Crippen LogP contribution >= 0.6 is 0 Å². The highest BCUT2D eigenvalue weighted by Gasteiger charge is 2.32. The number of rotatable bonds is 11. The molecule has 0 aromatic heterocycles. The summed E-state index contributed by atoms with van der Waals surface area (Å²) in [7, 11) is -1.11. The average molecular weight is 475 g/mol. The van der Waals surface area contributed by atoms with Crippen molar-refractivity contribution in [2.75, 3.05) is 31.5 Å². The van der Waals surface area contributed by atoms with Crippen molar-refractivity contribution >= 4 is 27.7 Å². The molecule has 0 heterocycles. The Morgan fingerprint density at radius 2 is 1.61 bits per heavy atom. The van der Waals surface area contributed by atoms with Crippen LogP contribution in [-0.2, 0) is 26.3 Å². The molecule has 0 aliphatic carbocycles. The number of hydrogen-bond donors (Lipinski definition) is 1. The molecule has 9 heteroatoms. The van der Waals surface area contributed by atoms with Crippen LogP contribution in [0, 0.1) is 6.92 Å². The monoisotopic (exact) mass is 474 g/mol. The number of nitrogens with zero attached hydrogens (tertiary/aromatic N) is 3. The second-order valence-corrected chi connectivity index (χ2v) is 10.1. The molecule has 0 bridgehead atoms. The number of carbonyl (C=O) groups is 2. The smallest absolute Gasteiger partial charge is 0.304 e. The van der Waals surface area contributed by atoms with Crippen molar-refractivity contribution in [3.8, 4) is 0 Å². The first-order chi connectivity index (χ1) is 15.6. The standard InChI is InChI=1S/C24H34N4O4S/c1-6-16-25-24(30)20(3)27(17-21-13-11-10-12-19(21)2)23(29)18-28(33(31,32)26(4)5)22-14-8-7-9-15-22/h7-15,20H,6,16-18H2,1-5H3,(H,25,30). The molecule has 0 saturated heterocycles. The van der Waals surface area contributed by atoms with Crippen LogP contribution in [0.1, 0.15) is 31.4 Å². The summed E-state index contributed by atoms with van der Waals surface area (Å²) in [5.41, 5.74) is 2.25. The third-order valence-corrected chi connectivity index (χ3v) is 7.20. The predicted octanol–water partition coefficient (Wildman–Crippen LogP) is 2.55. The highest BCUT2D eigenvalue weighted by Crippen LogP contribution is 2.21. The average Bonchev–Trinajstić information content (AvgIpc) is 2.80. The minimum absolute atomic E-state index is 0.191. The van der Waals surface area contributed by atoms with E-state index >= 15 is 0 Å². The maximum absolute atomic E-state index is 13.6. The van der Waals surface area contributed by atoms with Gasteiger partial charge in [-0.3, -0.25) is 9.59 Å². The van der Waals surface area contributed by atoms with Crippen molar-refractivity contribution in [2.24, 2.45) is 0 Å². The number of carbonyl (C=O) groups excluding carboxylic acids is 2. The first-order valence-corrected chi connectivity index (χ1v) is 12.4. The van der Waals surface area contributed by atoms with Gasteiger partial charge in [0.25, 0.3) is 0 Å². The van der Waals surface area contributed by atoms with Gasteiger partial charge in [-0.2, -0.15) is 12.7 Å². The third-order valence-electron chi connectivity index (χ3n) is 5.38. The number of anilines is 1. The van der Waals surface area contributed by atoms with Gasteiger partial charge in [-0.25, -0.2) is 4.31 Å². The van der Waals surface area contributed by atoms with Crippen molar-refractivity contribution in [1.29, 1.82) is 0 Å². The molecular weight excluding hydrogens is 440 g/mol. The van der Waals surface area contributed by atoms with Crippen molar-refractivity contribution in [1.82, 2.24) is 14.5 Å². The van der Waals surface area contributed by atoms with E-state index in [1.54, 1.807) is 37.3 Å². The van der Waals surface area contributed by atoms with Crippen molar-refractivity contribution in [2.45, 2.75) is 39.8 Å². The van der Waals surface area contributed by atoms with Crippen LogP contribution in [0.2, 0.25) is 0 Å². The lowest BCUT2D eigenvalue weighted by atomic mass is 10.1. The summed E-state index contributed by atoms with van der Waals surface area (Å²) in [6, 6.07) is 15.3. The molecule has 180 valence electrons. The van der Waals surface area contributed by atoms with E-state index in [0.29, 0.717) is 12.2 Å². The molecule has 0 aliphatic heterocycles. The highest BCUT2D eigenvalue weighted by atomic mass is 32.2. The van der Waals surface area contributed by atoms with Gasteiger partial charge in [-0.05, 0) is 43.5 Å². The minimum atomic E-state index is -3.94. The number of amides is 2. The summed E-state index contributed by atoms with van der Waals surface area (Å²) in [4.78, 5) is 27.7. The highest BCUT2D eigenvalue weighted by molar-refractivity contribution is 7.90. The van der Waals surface area contributed by atoms with Crippen molar-refractivity contribution in [3.63, 3.8) is 0 Å². The molecule has 1 unspecified atom stereocenters. The predicted molar refractivity (Wildman–Crippen MR) is 131 cm³/mol. The second kappa shape index (κ2) is 11.8. The van der Waals surface area contributed by atoms with Gasteiger partial charge in [0.05, 0.1) is 5.69 Å². The first kappa shape index (κ1) is 26.3. The zero-order valence-electron chi connectivity index (χ0n) is 20.0. The van der Waals surface area contributed by atoms with Gasteiger partial charge in [-0.1, -0.05) is 49.4 Å². The van der Waals surface area contributed by atoms with Gasteiger partial charge in [0.1, 0.15) is 12.6 Å². The normalized spacial score (nSPS) is 12.3. The minimum Gasteiger partial charge on any atom is -0.354 e. The van der Waals surface area contributed by atoms with Crippen molar-refractivity contribution in [3.05, 3.63) is 65.7 Å². The van der Waals surface area contributed by atoms with Crippen LogP contribution < -0.4 is 9.62 Å². The molecule has 1 atom stereocenters. The molecule has 2 aromatic carbocycles. The Hall–Kier alpha value is -2.91. The number of para-hydroxylation sites is 1. The summed E-state index contributed by atoms with van der Waals surface area (Å²) < 4.78 is 28.2. The van der Waals surface area contributed by atoms with Gasteiger partial charge in [0, 0.05) is 27.2 Å². The Bertz CT molecular complexity index is 1040. The van der Waals surface area contributed by atoms with E-state index < -0.39 is 28.7 Å². The molecule has 0 spiro atoms. The van der Waals surface area contributed by atoms with Gasteiger partial charge in [-0.15, -0.1) is 0 Å². The van der Waals surface area contributed by atoms with Crippen LogP contribution in [0.3, 0.4) is 0 Å². The topological polar surface area (TPSA) is 90.0 Å². The van der Waals surface area contributed by atoms with Gasteiger partial charge < -0.3 is 10.2 Å². The zero-order valence-corrected chi connectivity index (χ0v) is 20.8. The molecule has 0 radical (unpaired) electrons. The van der Waals surface area contributed by atoms with Crippen LogP contribution in [0.25, 0.3) is 0 Å². The molecule has 0 aliphatic rings.